The molecule has 0 aliphatic carbocycles. The van der Waals surface area contributed by atoms with E-state index >= 15 is 0 Å². The van der Waals surface area contributed by atoms with Crippen LogP contribution in [0.15, 0.2) is 22.6 Å². The monoisotopic (exact) mass is 305 g/mol. The Morgan fingerprint density at radius 3 is 2.74 bits per heavy atom. The van der Waals surface area contributed by atoms with E-state index in [4.69, 9.17) is 16.3 Å². The molecule has 0 bridgehead atoms. The maximum atomic E-state index is 13.4. The summed E-state index contributed by atoms with van der Waals surface area (Å²) in [5.74, 6) is -0.350. The van der Waals surface area contributed by atoms with E-state index in [9.17, 15) is 8.94 Å². The van der Waals surface area contributed by atoms with Crippen LogP contribution in [0.3, 0.4) is 0 Å². The van der Waals surface area contributed by atoms with Gasteiger partial charge in [0.2, 0.25) is 0 Å². The molecule has 0 amide bonds. The summed E-state index contributed by atoms with van der Waals surface area (Å²) in [7, 11) is 0. The highest BCUT2D eigenvalue weighted by atomic mass is 35.5. The first-order valence-corrected chi connectivity index (χ1v) is 7.31. The van der Waals surface area contributed by atoms with Crippen molar-refractivity contribution in [1.29, 1.82) is 0 Å². The van der Waals surface area contributed by atoms with Crippen LogP contribution < -0.4 is 4.74 Å². The molecule has 19 heavy (non-hydrogen) atoms. The summed E-state index contributed by atoms with van der Waals surface area (Å²) in [6.07, 6.45) is 2.00. The summed E-state index contributed by atoms with van der Waals surface area (Å²) in [6, 6.07) is 4.23. The summed E-state index contributed by atoms with van der Waals surface area (Å²) < 4.78 is 33.7. The SMILES string of the molecule is CC(C)(C)[S+]([O-])/N=C/CCOc1ccc(Cl)cc1F. The van der Waals surface area contributed by atoms with Crippen molar-refractivity contribution in [2.24, 2.45) is 4.40 Å². The van der Waals surface area contributed by atoms with Gasteiger partial charge in [-0.1, -0.05) is 16.0 Å². The van der Waals surface area contributed by atoms with Gasteiger partial charge in [0.25, 0.3) is 0 Å². The van der Waals surface area contributed by atoms with Crippen molar-refractivity contribution < 1.29 is 13.7 Å². The van der Waals surface area contributed by atoms with E-state index in [0.29, 0.717) is 11.4 Å². The van der Waals surface area contributed by atoms with Gasteiger partial charge >= 0.3 is 0 Å². The molecular formula is C13H17ClFNO2S. The molecule has 1 aromatic carbocycles. The fourth-order valence-corrected chi connectivity index (χ4v) is 1.81. The lowest BCUT2D eigenvalue weighted by molar-refractivity contribution is 0.313. The van der Waals surface area contributed by atoms with E-state index in [1.807, 2.05) is 20.8 Å². The minimum atomic E-state index is -1.27. The van der Waals surface area contributed by atoms with Crippen LogP contribution in [-0.2, 0) is 11.4 Å². The van der Waals surface area contributed by atoms with Gasteiger partial charge in [-0.15, -0.1) is 0 Å². The number of hydrogen-bond donors (Lipinski definition) is 0. The van der Waals surface area contributed by atoms with Gasteiger partial charge in [-0.05, 0) is 39.0 Å². The molecule has 0 saturated carbocycles. The van der Waals surface area contributed by atoms with Crippen LogP contribution in [0.1, 0.15) is 27.2 Å². The minimum Gasteiger partial charge on any atom is -0.591 e. The first kappa shape index (κ1) is 16.3. The summed E-state index contributed by atoms with van der Waals surface area (Å²) in [6.45, 7) is 5.81. The van der Waals surface area contributed by atoms with E-state index in [2.05, 4.69) is 4.40 Å². The van der Waals surface area contributed by atoms with Gasteiger partial charge in [0, 0.05) is 11.4 Å². The van der Waals surface area contributed by atoms with Crippen LogP contribution in [0, 0.1) is 5.82 Å². The number of rotatable bonds is 5. The van der Waals surface area contributed by atoms with Crippen LogP contribution >= 0.6 is 11.6 Å². The third kappa shape index (κ3) is 5.80. The zero-order valence-corrected chi connectivity index (χ0v) is 12.7. The first-order valence-electron chi connectivity index (χ1n) is 5.83. The molecule has 1 aromatic rings. The topological polar surface area (TPSA) is 44.7 Å². The molecule has 0 spiro atoms. The largest absolute Gasteiger partial charge is 0.591 e. The molecule has 0 aliphatic rings. The Morgan fingerprint density at radius 1 is 1.47 bits per heavy atom. The molecule has 0 saturated heterocycles. The van der Waals surface area contributed by atoms with Crippen molar-refractivity contribution in [2.75, 3.05) is 6.61 Å². The van der Waals surface area contributed by atoms with Gasteiger partial charge in [0.1, 0.15) is 16.1 Å². The molecule has 3 nitrogen and oxygen atoms in total. The van der Waals surface area contributed by atoms with E-state index in [0.717, 1.165) is 0 Å². The van der Waals surface area contributed by atoms with Crippen molar-refractivity contribution in [3.8, 4) is 5.75 Å². The third-order valence-corrected chi connectivity index (χ3v) is 3.72. The Kier molecular flexibility index (Phi) is 6.10. The predicted octanol–water partition coefficient (Wildman–Crippen LogP) is 3.78. The lowest BCUT2D eigenvalue weighted by atomic mass is 10.3. The molecule has 106 valence electrons. The highest BCUT2D eigenvalue weighted by Crippen LogP contribution is 2.21. The fourth-order valence-electron chi connectivity index (χ4n) is 1.09. The highest BCUT2D eigenvalue weighted by Gasteiger charge is 2.25. The number of hydrogen-bond acceptors (Lipinski definition) is 3. The van der Waals surface area contributed by atoms with Gasteiger partial charge in [-0.3, -0.25) is 0 Å². The summed E-state index contributed by atoms with van der Waals surface area (Å²) in [4.78, 5) is 0. The second kappa shape index (κ2) is 7.12. The Balaban J connectivity index is 2.37. The van der Waals surface area contributed by atoms with Crippen molar-refractivity contribution >= 4 is 29.2 Å². The maximum Gasteiger partial charge on any atom is 0.166 e. The third-order valence-electron chi connectivity index (χ3n) is 2.09. The molecule has 1 atom stereocenters. The minimum absolute atomic E-state index is 0.148. The molecule has 1 unspecified atom stereocenters. The molecule has 0 heterocycles. The van der Waals surface area contributed by atoms with E-state index < -0.39 is 17.2 Å². The van der Waals surface area contributed by atoms with Crippen LogP contribution in [0.2, 0.25) is 5.02 Å². The second-order valence-corrected chi connectivity index (χ2v) is 7.23. The summed E-state index contributed by atoms with van der Waals surface area (Å²) in [5.41, 5.74) is 0. The number of ether oxygens (including phenoxy) is 1. The van der Waals surface area contributed by atoms with Crippen LogP contribution in [-0.4, -0.2) is 22.1 Å². The van der Waals surface area contributed by atoms with Crippen molar-refractivity contribution in [3.05, 3.63) is 29.0 Å². The molecule has 0 aliphatic heterocycles. The average molecular weight is 306 g/mol. The lowest BCUT2D eigenvalue weighted by Crippen LogP contribution is -2.25. The van der Waals surface area contributed by atoms with E-state index in [-0.39, 0.29) is 17.1 Å². The van der Waals surface area contributed by atoms with Crippen LogP contribution in [0.4, 0.5) is 4.39 Å². The fraction of sp³-hybridized carbons (Fsp3) is 0.462. The van der Waals surface area contributed by atoms with Crippen LogP contribution in [0.25, 0.3) is 0 Å². The first-order chi connectivity index (χ1) is 8.80. The number of nitrogens with zero attached hydrogens (tertiary/aromatic N) is 1. The van der Waals surface area contributed by atoms with E-state index in [1.165, 1.54) is 18.3 Å². The Labute approximate surface area is 121 Å². The quantitative estimate of drug-likeness (QED) is 0.472. The standard InChI is InChI=1S/C13H17ClFNO2S/c1-13(2,3)19(17)16-7-4-8-18-12-6-5-10(14)9-11(12)15/h5-7,9H,4,8H2,1-3H3/b16-7+. The van der Waals surface area contributed by atoms with Crippen molar-refractivity contribution in [2.45, 2.75) is 31.9 Å². The zero-order chi connectivity index (χ0) is 14.5. The normalized spacial score (nSPS) is 13.8. The van der Waals surface area contributed by atoms with Gasteiger partial charge in [0.05, 0.1) is 12.8 Å². The van der Waals surface area contributed by atoms with E-state index in [1.54, 1.807) is 6.07 Å². The van der Waals surface area contributed by atoms with Crippen LogP contribution in [0.5, 0.6) is 5.75 Å². The molecule has 1 rings (SSSR count). The van der Waals surface area contributed by atoms with Gasteiger partial charge in [0.15, 0.2) is 11.6 Å². The number of halogens is 2. The highest BCUT2D eigenvalue weighted by molar-refractivity contribution is 7.91. The second-order valence-electron chi connectivity index (χ2n) is 4.86. The molecule has 0 radical (unpaired) electrons. The summed E-state index contributed by atoms with van der Waals surface area (Å²) in [5, 5.41) is 0.326. The molecule has 0 aromatic heterocycles. The van der Waals surface area contributed by atoms with Gasteiger partial charge in [-0.2, -0.15) is 0 Å². The average Bonchev–Trinajstić information content (AvgIpc) is 2.29. The smallest absolute Gasteiger partial charge is 0.166 e. The Bertz CT molecular complexity index is 449. The maximum absolute atomic E-state index is 13.4. The predicted molar refractivity (Wildman–Crippen MR) is 77.9 cm³/mol. The van der Waals surface area contributed by atoms with Crippen molar-refractivity contribution in [3.63, 3.8) is 0 Å². The molecule has 0 N–H and O–H groups in total. The molecule has 0 fully saturated rings. The number of benzene rings is 1. The van der Waals surface area contributed by atoms with Crippen molar-refractivity contribution in [1.82, 2.24) is 0 Å². The Hall–Kier alpha value is -0.780. The molecular weight excluding hydrogens is 289 g/mol. The summed E-state index contributed by atoms with van der Waals surface area (Å²) >= 11 is 4.36. The molecule has 6 heteroatoms. The Morgan fingerprint density at radius 2 is 2.16 bits per heavy atom. The van der Waals surface area contributed by atoms with Gasteiger partial charge in [-0.25, -0.2) is 4.39 Å². The van der Waals surface area contributed by atoms with Gasteiger partial charge < -0.3 is 9.29 Å². The lowest BCUT2D eigenvalue weighted by Gasteiger charge is -2.17. The zero-order valence-electron chi connectivity index (χ0n) is 11.2.